The first-order valence-corrected chi connectivity index (χ1v) is 20.1. The van der Waals surface area contributed by atoms with E-state index in [1.165, 1.54) is 87.1 Å². The van der Waals surface area contributed by atoms with Gasteiger partial charge >= 0.3 is 0 Å². The zero-order valence-electron chi connectivity index (χ0n) is 32.3. The predicted molar refractivity (Wildman–Crippen MR) is 247 cm³/mol. The Morgan fingerprint density at radius 1 is 0.345 bits per heavy atom. The van der Waals surface area contributed by atoms with Crippen LogP contribution in [0.25, 0.3) is 98.1 Å². The van der Waals surface area contributed by atoms with Gasteiger partial charge in [0, 0.05) is 38.6 Å². The van der Waals surface area contributed by atoms with Crippen LogP contribution in [0, 0.1) is 13.8 Å². The monoisotopic (exact) mass is 739 g/mol. The molecule has 0 unspecified atom stereocenters. The fourth-order valence-electron chi connectivity index (χ4n) is 9.62. The van der Waals surface area contributed by atoms with Gasteiger partial charge in [0.2, 0.25) is 0 Å². The molecule has 0 saturated carbocycles. The maximum absolute atomic E-state index is 6.95. The number of anilines is 3. The van der Waals surface area contributed by atoms with Crippen LogP contribution in [0.2, 0.25) is 0 Å². The molecule has 0 aliphatic heterocycles. The maximum atomic E-state index is 6.95. The molecule has 272 valence electrons. The molecule has 2 heteroatoms. The van der Waals surface area contributed by atoms with Crippen molar-refractivity contribution >= 4 is 92.9 Å². The molecule has 1 heterocycles. The first-order valence-electron chi connectivity index (χ1n) is 20.1. The third-order valence-corrected chi connectivity index (χ3v) is 12.3. The minimum atomic E-state index is 0.906. The highest BCUT2D eigenvalue weighted by atomic mass is 16.3. The lowest BCUT2D eigenvalue weighted by molar-refractivity contribution is 0.673. The molecule has 0 aliphatic rings. The summed E-state index contributed by atoms with van der Waals surface area (Å²) >= 11 is 0. The van der Waals surface area contributed by atoms with Crippen molar-refractivity contribution in [1.82, 2.24) is 0 Å². The fourth-order valence-corrected chi connectivity index (χ4v) is 9.62. The number of hydrogen-bond donors (Lipinski definition) is 0. The Morgan fingerprint density at radius 2 is 0.793 bits per heavy atom. The van der Waals surface area contributed by atoms with E-state index >= 15 is 0 Å². The smallest absolute Gasteiger partial charge is 0.143 e. The number of fused-ring (bicyclic) bond motifs is 7. The number of aryl methyl sites for hydroxylation is 2. The quantitative estimate of drug-likeness (QED) is 0.129. The largest absolute Gasteiger partial charge is 0.455 e. The van der Waals surface area contributed by atoms with Crippen LogP contribution in [-0.4, -0.2) is 0 Å². The molecular weight excluding hydrogens is 703 g/mol. The predicted octanol–water partition coefficient (Wildman–Crippen LogP) is 16.2. The summed E-state index contributed by atoms with van der Waals surface area (Å²) in [6.45, 7) is 4.27. The van der Waals surface area contributed by atoms with E-state index in [-0.39, 0.29) is 0 Å². The van der Waals surface area contributed by atoms with Crippen LogP contribution in [0.4, 0.5) is 17.1 Å². The van der Waals surface area contributed by atoms with Crippen molar-refractivity contribution in [3.05, 3.63) is 199 Å². The van der Waals surface area contributed by atoms with Crippen molar-refractivity contribution < 1.29 is 4.42 Å². The summed E-state index contributed by atoms with van der Waals surface area (Å²) in [5.74, 6) is 0. The van der Waals surface area contributed by atoms with Gasteiger partial charge in [-0.2, -0.15) is 0 Å². The Labute approximate surface area is 336 Å². The third kappa shape index (κ3) is 4.85. The van der Waals surface area contributed by atoms with Gasteiger partial charge in [-0.25, -0.2) is 0 Å². The molecule has 12 aromatic rings. The van der Waals surface area contributed by atoms with Crippen LogP contribution >= 0.6 is 0 Å². The van der Waals surface area contributed by atoms with Gasteiger partial charge in [-0.15, -0.1) is 0 Å². The number of hydrogen-bond acceptors (Lipinski definition) is 2. The minimum absolute atomic E-state index is 0.906. The molecule has 0 saturated heterocycles. The first kappa shape index (κ1) is 32.8. The van der Waals surface area contributed by atoms with Crippen molar-refractivity contribution in [2.75, 3.05) is 4.90 Å². The maximum Gasteiger partial charge on any atom is 0.143 e. The Morgan fingerprint density at radius 3 is 1.34 bits per heavy atom. The van der Waals surface area contributed by atoms with Crippen molar-refractivity contribution in [1.29, 1.82) is 0 Å². The summed E-state index contributed by atoms with van der Waals surface area (Å²) < 4.78 is 6.95. The highest BCUT2D eigenvalue weighted by molar-refractivity contribution is 6.36. The van der Waals surface area contributed by atoms with E-state index in [0.29, 0.717) is 0 Å². The van der Waals surface area contributed by atoms with Crippen LogP contribution in [0.3, 0.4) is 0 Å². The van der Waals surface area contributed by atoms with Crippen LogP contribution in [0.5, 0.6) is 0 Å². The van der Waals surface area contributed by atoms with E-state index in [9.17, 15) is 0 Å². The van der Waals surface area contributed by atoms with Crippen molar-refractivity contribution in [2.45, 2.75) is 13.8 Å². The highest BCUT2D eigenvalue weighted by Gasteiger charge is 2.21. The molecule has 0 spiro atoms. The third-order valence-electron chi connectivity index (χ3n) is 12.3. The molecule has 0 amide bonds. The lowest BCUT2D eigenvalue weighted by Crippen LogP contribution is -2.09. The molecule has 0 bridgehead atoms. The highest BCUT2D eigenvalue weighted by Crippen LogP contribution is 2.48. The normalized spacial score (nSPS) is 12.0. The van der Waals surface area contributed by atoms with E-state index in [4.69, 9.17) is 4.42 Å². The number of benzene rings is 11. The zero-order chi connectivity index (χ0) is 38.5. The molecule has 12 rings (SSSR count). The van der Waals surface area contributed by atoms with Crippen LogP contribution in [-0.2, 0) is 0 Å². The van der Waals surface area contributed by atoms with Gasteiger partial charge in [-0.3, -0.25) is 0 Å². The topological polar surface area (TPSA) is 16.4 Å². The summed E-state index contributed by atoms with van der Waals surface area (Å²) in [4.78, 5) is 2.34. The van der Waals surface area contributed by atoms with Gasteiger partial charge in [0.15, 0.2) is 0 Å². The summed E-state index contributed by atoms with van der Waals surface area (Å²) in [6, 6.07) is 69.0. The number of nitrogens with zero attached hydrogens (tertiary/aromatic N) is 1. The van der Waals surface area contributed by atoms with Crippen molar-refractivity contribution in [2.24, 2.45) is 0 Å². The van der Waals surface area contributed by atoms with E-state index in [2.05, 4.69) is 207 Å². The van der Waals surface area contributed by atoms with E-state index in [1.54, 1.807) is 0 Å². The minimum Gasteiger partial charge on any atom is -0.455 e. The second-order valence-electron chi connectivity index (χ2n) is 15.8. The molecule has 58 heavy (non-hydrogen) atoms. The molecular formula is C56H37NO. The van der Waals surface area contributed by atoms with Crippen molar-refractivity contribution in [3.63, 3.8) is 0 Å². The SMILES string of the molecule is Cc1ccc(N(c2ccc(C)cc2)c2ccc(-c3c4ccccc4c(-c4ccc5c(c4)oc4c6cccc7ccc8cccc(c54)c8c76)c4ccccc34)cc2)cc1. The second-order valence-corrected chi connectivity index (χ2v) is 15.8. The summed E-state index contributed by atoms with van der Waals surface area (Å²) in [5.41, 5.74) is 12.5. The van der Waals surface area contributed by atoms with E-state index in [0.717, 1.165) is 39.2 Å². The van der Waals surface area contributed by atoms with Crippen LogP contribution in [0.1, 0.15) is 11.1 Å². The summed E-state index contributed by atoms with van der Waals surface area (Å²) in [5, 5.41) is 14.7. The molecule has 0 radical (unpaired) electrons. The van der Waals surface area contributed by atoms with E-state index in [1.807, 2.05) is 0 Å². The van der Waals surface area contributed by atoms with Gasteiger partial charge in [0.25, 0.3) is 0 Å². The summed E-state index contributed by atoms with van der Waals surface area (Å²) in [6.07, 6.45) is 0. The zero-order valence-corrected chi connectivity index (χ0v) is 32.3. The van der Waals surface area contributed by atoms with Crippen molar-refractivity contribution in [3.8, 4) is 22.3 Å². The van der Waals surface area contributed by atoms with Crippen LogP contribution < -0.4 is 4.90 Å². The number of furan rings is 1. The molecule has 11 aromatic carbocycles. The first-order chi connectivity index (χ1) is 28.6. The second kappa shape index (κ2) is 12.5. The van der Waals surface area contributed by atoms with Gasteiger partial charge in [-0.1, -0.05) is 151 Å². The lowest BCUT2D eigenvalue weighted by Gasteiger charge is -2.26. The molecule has 0 N–H and O–H groups in total. The standard InChI is InChI=1S/C56H37NO/c1-34-17-26-40(27-18-34)57(41-28-19-35(2)20-29-41)42-30-23-38(24-31-42)51-43-11-3-5-13-45(43)52(46-14-6-4-12-44(46)51)39-25-32-47-50(33-39)58-56-49-16-8-10-37-22-21-36-9-7-15-48(55(47)56)53(36)54(37)49/h3-33H,1-2H3. The Balaban J connectivity index is 1.04. The average molecular weight is 740 g/mol. The number of rotatable bonds is 5. The fraction of sp³-hybridized carbons (Fsp3) is 0.0357. The Bertz CT molecular complexity index is 3450. The Hall–Kier alpha value is -7.42. The molecule has 2 nitrogen and oxygen atoms in total. The van der Waals surface area contributed by atoms with E-state index < -0.39 is 0 Å². The van der Waals surface area contributed by atoms with Gasteiger partial charge < -0.3 is 9.32 Å². The molecule has 1 aromatic heterocycles. The molecule has 0 aliphatic carbocycles. The average Bonchev–Trinajstić information content (AvgIpc) is 3.66. The molecule has 0 fully saturated rings. The van der Waals surface area contributed by atoms with Gasteiger partial charge in [0.05, 0.1) is 0 Å². The molecule has 0 atom stereocenters. The van der Waals surface area contributed by atoms with Gasteiger partial charge in [0.1, 0.15) is 11.2 Å². The van der Waals surface area contributed by atoms with Gasteiger partial charge in [-0.05, 0) is 128 Å². The Kier molecular flexibility index (Phi) is 7.09. The lowest BCUT2D eigenvalue weighted by atomic mass is 9.85. The summed E-state index contributed by atoms with van der Waals surface area (Å²) in [7, 11) is 0. The van der Waals surface area contributed by atoms with Crippen LogP contribution in [0.15, 0.2) is 192 Å².